The molecule has 0 aromatic heterocycles. The summed E-state index contributed by atoms with van der Waals surface area (Å²) >= 11 is 0. The Morgan fingerprint density at radius 2 is 1.14 bits per heavy atom. The standard InChI is InChI=1S/C22H20/c1-21(2)16-11-10-14-9-8-13-6-5-7-15-12-17(22(21,3)4)20(16)19(14)18(13)15/h5-12H,1-4H3. The summed E-state index contributed by atoms with van der Waals surface area (Å²) in [6.07, 6.45) is 0. The van der Waals surface area contributed by atoms with E-state index in [0.717, 1.165) is 0 Å². The molecule has 4 aromatic carbocycles. The van der Waals surface area contributed by atoms with Crippen LogP contribution in [0.4, 0.5) is 0 Å². The number of hydrogen-bond acceptors (Lipinski definition) is 0. The minimum atomic E-state index is 0.152. The van der Waals surface area contributed by atoms with E-state index >= 15 is 0 Å². The highest BCUT2D eigenvalue weighted by molar-refractivity contribution is 6.25. The van der Waals surface area contributed by atoms with Crippen LogP contribution in [0.2, 0.25) is 0 Å². The van der Waals surface area contributed by atoms with Crippen molar-refractivity contribution in [2.75, 3.05) is 0 Å². The van der Waals surface area contributed by atoms with Crippen molar-refractivity contribution in [3.05, 3.63) is 59.7 Å². The highest BCUT2D eigenvalue weighted by Crippen LogP contribution is 2.56. The van der Waals surface area contributed by atoms with Gasteiger partial charge in [0.25, 0.3) is 0 Å². The van der Waals surface area contributed by atoms with Gasteiger partial charge >= 0.3 is 0 Å². The summed E-state index contributed by atoms with van der Waals surface area (Å²) in [6.45, 7) is 9.60. The second-order valence-electron chi connectivity index (χ2n) is 7.91. The van der Waals surface area contributed by atoms with Crippen LogP contribution >= 0.6 is 0 Å². The van der Waals surface area contributed by atoms with Crippen molar-refractivity contribution >= 4 is 32.3 Å². The number of rotatable bonds is 0. The van der Waals surface area contributed by atoms with Gasteiger partial charge in [0.05, 0.1) is 0 Å². The zero-order valence-electron chi connectivity index (χ0n) is 13.6. The summed E-state index contributed by atoms with van der Waals surface area (Å²) in [7, 11) is 0. The molecule has 4 aromatic rings. The maximum Gasteiger partial charge on any atom is -0.000535 e. The van der Waals surface area contributed by atoms with Crippen LogP contribution in [-0.4, -0.2) is 0 Å². The normalized spacial score (nSPS) is 18.7. The van der Waals surface area contributed by atoms with Crippen LogP contribution in [0.1, 0.15) is 38.8 Å². The first-order valence-electron chi connectivity index (χ1n) is 8.14. The molecule has 0 heteroatoms. The Hall–Kier alpha value is -2.08. The molecular weight excluding hydrogens is 264 g/mol. The first-order valence-corrected chi connectivity index (χ1v) is 8.14. The predicted octanol–water partition coefficient (Wildman–Crippen LogP) is 6.15. The average molecular weight is 284 g/mol. The van der Waals surface area contributed by atoms with E-state index in [0.29, 0.717) is 0 Å². The second-order valence-corrected chi connectivity index (χ2v) is 7.91. The second kappa shape index (κ2) is 3.46. The van der Waals surface area contributed by atoms with Crippen LogP contribution in [-0.2, 0) is 10.8 Å². The molecule has 0 fully saturated rings. The van der Waals surface area contributed by atoms with Gasteiger partial charge in [-0.25, -0.2) is 0 Å². The Bertz CT molecular complexity index is 1060. The van der Waals surface area contributed by atoms with Gasteiger partial charge in [0.1, 0.15) is 0 Å². The lowest BCUT2D eigenvalue weighted by Crippen LogP contribution is -2.35. The fraction of sp³-hybridized carbons (Fsp3) is 0.273. The predicted molar refractivity (Wildman–Crippen MR) is 96.2 cm³/mol. The summed E-state index contributed by atoms with van der Waals surface area (Å²) in [6, 6.07) is 18.4. The third kappa shape index (κ3) is 1.15. The maximum absolute atomic E-state index is 2.45. The van der Waals surface area contributed by atoms with Gasteiger partial charge in [-0.3, -0.25) is 0 Å². The third-order valence-electron chi connectivity index (χ3n) is 6.54. The molecule has 1 aliphatic carbocycles. The van der Waals surface area contributed by atoms with Crippen LogP contribution in [0.25, 0.3) is 32.3 Å². The molecule has 0 amide bonds. The third-order valence-corrected chi connectivity index (χ3v) is 6.54. The molecular formula is C22H20. The highest BCUT2D eigenvalue weighted by Gasteiger charge is 2.47. The molecule has 0 heterocycles. The molecule has 1 aliphatic rings. The molecule has 0 saturated heterocycles. The van der Waals surface area contributed by atoms with Gasteiger partial charge < -0.3 is 0 Å². The Morgan fingerprint density at radius 3 is 1.91 bits per heavy atom. The van der Waals surface area contributed by atoms with Gasteiger partial charge in [-0.1, -0.05) is 70.2 Å². The Morgan fingerprint density at radius 1 is 0.545 bits per heavy atom. The van der Waals surface area contributed by atoms with Crippen molar-refractivity contribution in [1.29, 1.82) is 0 Å². The first kappa shape index (κ1) is 12.5. The van der Waals surface area contributed by atoms with Crippen molar-refractivity contribution < 1.29 is 0 Å². The fourth-order valence-corrected chi connectivity index (χ4v) is 4.54. The van der Waals surface area contributed by atoms with Crippen molar-refractivity contribution in [2.45, 2.75) is 38.5 Å². The van der Waals surface area contributed by atoms with Crippen molar-refractivity contribution in [3.63, 3.8) is 0 Å². The zero-order valence-corrected chi connectivity index (χ0v) is 13.6. The largest absolute Gasteiger partial charge is 0.0610 e. The van der Waals surface area contributed by atoms with E-state index in [1.807, 2.05) is 0 Å². The summed E-state index contributed by atoms with van der Waals surface area (Å²) in [4.78, 5) is 0. The lowest BCUT2D eigenvalue weighted by molar-refractivity contribution is 0.322. The van der Waals surface area contributed by atoms with Crippen LogP contribution in [0.5, 0.6) is 0 Å². The van der Waals surface area contributed by atoms with Crippen LogP contribution in [0.3, 0.4) is 0 Å². The molecule has 22 heavy (non-hydrogen) atoms. The van der Waals surface area contributed by atoms with Gasteiger partial charge in [0.15, 0.2) is 0 Å². The monoisotopic (exact) mass is 284 g/mol. The molecule has 108 valence electrons. The van der Waals surface area contributed by atoms with E-state index in [2.05, 4.69) is 76.2 Å². The van der Waals surface area contributed by atoms with Crippen LogP contribution in [0.15, 0.2) is 48.5 Å². The minimum Gasteiger partial charge on any atom is -0.0610 e. The van der Waals surface area contributed by atoms with Gasteiger partial charge in [-0.15, -0.1) is 0 Å². The quantitative estimate of drug-likeness (QED) is 0.340. The molecule has 0 spiro atoms. The van der Waals surface area contributed by atoms with Gasteiger partial charge in [0.2, 0.25) is 0 Å². The van der Waals surface area contributed by atoms with Crippen LogP contribution in [0, 0.1) is 0 Å². The number of hydrogen-bond donors (Lipinski definition) is 0. The maximum atomic E-state index is 2.45. The van der Waals surface area contributed by atoms with Crippen molar-refractivity contribution in [2.24, 2.45) is 0 Å². The Balaban J connectivity index is 2.19. The van der Waals surface area contributed by atoms with Gasteiger partial charge in [-0.05, 0) is 60.3 Å². The smallest absolute Gasteiger partial charge is 0.000535 e. The van der Waals surface area contributed by atoms with E-state index in [9.17, 15) is 0 Å². The lowest BCUT2D eigenvalue weighted by Gasteiger charge is -2.37. The number of benzene rings is 4. The van der Waals surface area contributed by atoms with E-state index in [1.165, 1.54) is 43.4 Å². The lowest BCUT2D eigenvalue weighted by atomic mass is 9.66. The molecule has 0 N–H and O–H groups in total. The van der Waals surface area contributed by atoms with Crippen LogP contribution < -0.4 is 0 Å². The SMILES string of the molecule is CC1(C)c2ccc3ccc4cccc5cc(c2c3c45)C1(C)C. The zero-order chi connectivity index (χ0) is 15.3. The summed E-state index contributed by atoms with van der Waals surface area (Å²) in [5, 5.41) is 8.54. The van der Waals surface area contributed by atoms with E-state index in [4.69, 9.17) is 0 Å². The molecule has 0 nitrogen and oxygen atoms in total. The topological polar surface area (TPSA) is 0 Å². The fourth-order valence-electron chi connectivity index (χ4n) is 4.54. The molecule has 0 bridgehead atoms. The van der Waals surface area contributed by atoms with E-state index in [1.54, 1.807) is 0 Å². The average Bonchev–Trinajstić information content (AvgIpc) is 2.65. The molecule has 0 atom stereocenters. The molecule has 0 radical (unpaired) electrons. The van der Waals surface area contributed by atoms with E-state index < -0.39 is 0 Å². The van der Waals surface area contributed by atoms with E-state index in [-0.39, 0.29) is 10.8 Å². The summed E-state index contributed by atoms with van der Waals surface area (Å²) in [5.41, 5.74) is 3.34. The van der Waals surface area contributed by atoms with Gasteiger partial charge in [0, 0.05) is 0 Å². The van der Waals surface area contributed by atoms with Crippen molar-refractivity contribution in [3.8, 4) is 0 Å². The first-order chi connectivity index (χ1) is 10.4. The molecule has 5 rings (SSSR count). The van der Waals surface area contributed by atoms with Crippen molar-refractivity contribution in [1.82, 2.24) is 0 Å². The molecule has 0 saturated carbocycles. The summed E-state index contributed by atoms with van der Waals surface area (Å²) < 4.78 is 0. The molecule has 0 aliphatic heterocycles. The Kier molecular flexibility index (Phi) is 1.96. The molecule has 0 unspecified atom stereocenters. The van der Waals surface area contributed by atoms with Gasteiger partial charge in [-0.2, -0.15) is 0 Å². The minimum absolute atomic E-state index is 0.152. The summed E-state index contributed by atoms with van der Waals surface area (Å²) in [5.74, 6) is 0. The Labute approximate surface area is 131 Å². The highest BCUT2D eigenvalue weighted by atomic mass is 14.5.